The predicted molar refractivity (Wildman–Crippen MR) is 104 cm³/mol. The number of aryl methyl sites for hydroxylation is 1. The minimum atomic E-state index is -1.06. The Kier molecular flexibility index (Phi) is 4.43. The number of rotatable bonds is 5. The van der Waals surface area contributed by atoms with Crippen molar-refractivity contribution < 1.29 is 24.4 Å². The van der Waals surface area contributed by atoms with Crippen LogP contribution in [-0.4, -0.2) is 27.6 Å². The third-order valence-electron chi connectivity index (χ3n) is 5.18. The number of hydrogen-bond acceptors (Lipinski definition) is 5. The molecule has 0 radical (unpaired) electrons. The maximum Gasteiger partial charge on any atom is 0.303 e. The molecule has 4 rings (SSSR count). The molecule has 7 nitrogen and oxygen atoms in total. The number of aliphatic carboxylic acids is 1. The maximum atomic E-state index is 13.2. The SMILES string of the molecule is O=C(O)CCc1cccc(C2C(=O)c3cccc4c([N+](=O)[O-])ccc(c34)C2=O)c1. The lowest BCUT2D eigenvalue weighted by atomic mass is 9.76. The summed E-state index contributed by atoms with van der Waals surface area (Å²) in [7, 11) is 0. The summed E-state index contributed by atoms with van der Waals surface area (Å²) in [4.78, 5) is 48.0. The summed E-state index contributed by atoms with van der Waals surface area (Å²) in [6.07, 6.45) is 0.235. The van der Waals surface area contributed by atoms with Crippen LogP contribution in [0.1, 0.15) is 44.2 Å². The van der Waals surface area contributed by atoms with E-state index in [1.54, 1.807) is 36.4 Å². The number of ketones is 2. The summed E-state index contributed by atoms with van der Waals surface area (Å²) in [5.74, 6) is -2.81. The summed E-state index contributed by atoms with van der Waals surface area (Å²) in [6.45, 7) is 0. The predicted octanol–water partition coefficient (Wildman–Crippen LogP) is 3.93. The lowest BCUT2D eigenvalue weighted by Crippen LogP contribution is -2.27. The third kappa shape index (κ3) is 3.06. The molecule has 7 heteroatoms. The molecule has 1 unspecified atom stereocenters. The third-order valence-corrected chi connectivity index (χ3v) is 5.18. The fourth-order valence-corrected chi connectivity index (χ4v) is 3.87. The van der Waals surface area contributed by atoms with Crippen LogP contribution in [0.15, 0.2) is 54.6 Å². The number of Topliss-reactive ketones (excluding diaryl/α,β-unsaturated/α-hetero) is 2. The van der Waals surface area contributed by atoms with Crippen LogP contribution in [0.25, 0.3) is 10.8 Å². The van der Waals surface area contributed by atoms with E-state index in [2.05, 4.69) is 0 Å². The summed E-state index contributed by atoms with van der Waals surface area (Å²) >= 11 is 0. The Morgan fingerprint density at radius 2 is 1.69 bits per heavy atom. The van der Waals surface area contributed by atoms with Gasteiger partial charge in [-0.25, -0.2) is 0 Å². The molecule has 0 aliphatic heterocycles. The molecule has 0 saturated carbocycles. The molecule has 144 valence electrons. The van der Waals surface area contributed by atoms with Crippen molar-refractivity contribution >= 4 is 34.0 Å². The summed E-state index contributed by atoms with van der Waals surface area (Å²) in [6, 6.07) is 14.2. The van der Waals surface area contributed by atoms with Gasteiger partial charge in [-0.15, -0.1) is 0 Å². The van der Waals surface area contributed by atoms with Crippen LogP contribution in [0.2, 0.25) is 0 Å². The molecule has 0 bridgehead atoms. The van der Waals surface area contributed by atoms with Gasteiger partial charge in [-0.3, -0.25) is 24.5 Å². The molecule has 0 saturated heterocycles. The maximum absolute atomic E-state index is 13.2. The minimum Gasteiger partial charge on any atom is -0.481 e. The second kappa shape index (κ2) is 6.94. The quantitative estimate of drug-likeness (QED) is 0.402. The van der Waals surface area contributed by atoms with E-state index in [0.29, 0.717) is 10.9 Å². The Hall–Kier alpha value is -3.87. The van der Waals surface area contributed by atoms with E-state index in [4.69, 9.17) is 5.11 Å². The van der Waals surface area contributed by atoms with Crippen LogP contribution in [0, 0.1) is 10.1 Å². The molecule has 0 aromatic heterocycles. The van der Waals surface area contributed by atoms with E-state index in [1.165, 1.54) is 18.2 Å². The molecule has 29 heavy (non-hydrogen) atoms. The van der Waals surface area contributed by atoms with Gasteiger partial charge in [-0.05, 0) is 29.7 Å². The van der Waals surface area contributed by atoms with Crippen molar-refractivity contribution in [2.75, 3.05) is 0 Å². The van der Waals surface area contributed by atoms with Gasteiger partial charge in [0.1, 0.15) is 5.92 Å². The van der Waals surface area contributed by atoms with Crippen molar-refractivity contribution in [3.8, 4) is 0 Å². The number of benzene rings is 3. The van der Waals surface area contributed by atoms with Gasteiger partial charge >= 0.3 is 5.97 Å². The van der Waals surface area contributed by atoms with Gasteiger partial charge in [0.05, 0.1) is 10.3 Å². The van der Waals surface area contributed by atoms with E-state index >= 15 is 0 Å². The van der Waals surface area contributed by atoms with Gasteiger partial charge in [0, 0.05) is 29.0 Å². The highest BCUT2D eigenvalue weighted by atomic mass is 16.6. The topological polar surface area (TPSA) is 115 Å². The van der Waals surface area contributed by atoms with E-state index < -0.39 is 28.4 Å². The molecule has 0 amide bonds. The Morgan fingerprint density at radius 1 is 1.00 bits per heavy atom. The van der Waals surface area contributed by atoms with Crippen LogP contribution in [-0.2, 0) is 11.2 Å². The summed E-state index contributed by atoms with van der Waals surface area (Å²) in [5, 5.41) is 20.8. The number of nitro benzene ring substituents is 1. The molecule has 3 aromatic carbocycles. The standard InChI is InChI=1S/C22H15NO6/c24-18(25)10-7-12-3-1-4-13(11-12)19-21(26)15-6-2-5-14-17(23(28)29)9-8-16(20(14)15)22(19)27/h1-6,8-9,11,19H,7,10H2,(H,24,25). The van der Waals surface area contributed by atoms with Crippen molar-refractivity contribution in [1.82, 2.24) is 0 Å². The highest BCUT2D eigenvalue weighted by Gasteiger charge is 2.38. The Morgan fingerprint density at radius 3 is 2.38 bits per heavy atom. The fourth-order valence-electron chi connectivity index (χ4n) is 3.87. The first-order chi connectivity index (χ1) is 13.9. The smallest absolute Gasteiger partial charge is 0.303 e. The molecule has 0 heterocycles. The number of nitro groups is 1. The number of non-ortho nitro benzene ring substituents is 1. The fraction of sp³-hybridized carbons (Fsp3) is 0.136. The second-order valence-electron chi connectivity index (χ2n) is 6.92. The normalized spacial score (nSPS) is 15.5. The van der Waals surface area contributed by atoms with Crippen molar-refractivity contribution in [1.29, 1.82) is 0 Å². The molecule has 0 fully saturated rings. The lowest BCUT2D eigenvalue weighted by molar-refractivity contribution is -0.383. The Balaban J connectivity index is 1.83. The molecule has 1 atom stereocenters. The molecule has 0 spiro atoms. The average molecular weight is 389 g/mol. The second-order valence-corrected chi connectivity index (χ2v) is 6.92. The zero-order valence-electron chi connectivity index (χ0n) is 15.1. The monoisotopic (exact) mass is 389 g/mol. The van der Waals surface area contributed by atoms with Crippen LogP contribution in [0.4, 0.5) is 5.69 Å². The van der Waals surface area contributed by atoms with Crippen LogP contribution in [0.3, 0.4) is 0 Å². The van der Waals surface area contributed by atoms with E-state index in [-0.39, 0.29) is 35.0 Å². The van der Waals surface area contributed by atoms with Crippen molar-refractivity contribution in [2.45, 2.75) is 18.8 Å². The number of nitrogens with zero attached hydrogens (tertiary/aromatic N) is 1. The molecule has 1 aliphatic rings. The molecule has 3 aromatic rings. The van der Waals surface area contributed by atoms with Crippen LogP contribution >= 0.6 is 0 Å². The highest BCUT2D eigenvalue weighted by molar-refractivity contribution is 6.32. The Labute approximate surface area is 164 Å². The average Bonchev–Trinajstić information content (AvgIpc) is 2.70. The first kappa shape index (κ1) is 18.5. The lowest BCUT2D eigenvalue weighted by Gasteiger charge is -2.23. The van der Waals surface area contributed by atoms with Crippen molar-refractivity contribution in [3.05, 3.63) is 87.0 Å². The number of carboxylic acids is 1. The van der Waals surface area contributed by atoms with Gasteiger partial charge in [0.25, 0.3) is 5.69 Å². The van der Waals surface area contributed by atoms with Gasteiger partial charge in [-0.2, -0.15) is 0 Å². The number of carbonyl (C=O) groups excluding carboxylic acids is 2. The molecular formula is C22H15NO6. The van der Waals surface area contributed by atoms with E-state index in [1.807, 2.05) is 0 Å². The summed E-state index contributed by atoms with van der Waals surface area (Å²) < 4.78 is 0. The van der Waals surface area contributed by atoms with Gasteiger partial charge < -0.3 is 5.11 Å². The zero-order valence-corrected chi connectivity index (χ0v) is 15.1. The molecular weight excluding hydrogens is 374 g/mol. The summed E-state index contributed by atoms with van der Waals surface area (Å²) in [5.41, 5.74) is 1.62. The molecule has 1 N–H and O–H groups in total. The molecule has 1 aliphatic carbocycles. The van der Waals surface area contributed by atoms with Crippen molar-refractivity contribution in [3.63, 3.8) is 0 Å². The van der Waals surface area contributed by atoms with Crippen LogP contribution < -0.4 is 0 Å². The largest absolute Gasteiger partial charge is 0.481 e. The zero-order chi connectivity index (χ0) is 20.7. The first-order valence-corrected chi connectivity index (χ1v) is 8.97. The Bertz CT molecular complexity index is 1190. The number of hydrogen-bond donors (Lipinski definition) is 1. The van der Waals surface area contributed by atoms with E-state index in [9.17, 15) is 24.5 Å². The minimum absolute atomic E-state index is 0.0537. The van der Waals surface area contributed by atoms with Gasteiger partial charge in [0.15, 0.2) is 11.6 Å². The van der Waals surface area contributed by atoms with E-state index in [0.717, 1.165) is 5.56 Å². The van der Waals surface area contributed by atoms with Gasteiger partial charge in [-0.1, -0.05) is 36.4 Å². The first-order valence-electron chi connectivity index (χ1n) is 8.97. The number of carboxylic acid groups (broad SMARTS) is 1. The highest BCUT2D eigenvalue weighted by Crippen LogP contribution is 2.40. The van der Waals surface area contributed by atoms with Gasteiger partial charge in [0.2, 0.25) is 0 Å². The van der Waals surface area contributed by atoms with Crippen molar-refractivity contribution in [2.24, 2.45) is 0 Å². The van der Waals surface area contributed by atoms with Crippen LogP contribution in [0.5, 0.6) is 0 Å². The number of carbonyl (C=O) groups is 3.